The number of halogens is 1. The fraction of sp³-hybridized carbons (Fsp3) is 0.484. The van der Waals surface area contributed by atoms with E-state index in [2.05, 4.69) is 72.5 Å². The minimum Gasteiger partial charge on any atom is -1.00 e. The first-order valence-electron chi connectivity index (χ1n) is 13.5. The van der Waals surface area contributed by atoms with Crippen LogP contribution in [0.1, 0.15) is 62.2 Å². The zero-order valence-electron chi connectivity index (χ0n) is 24.2. The highest BCUT2D eigenvalue weighted by molar-refractivity contribution is 6.76. The molecule has 1 heterocycles. The first kappa shape index (κ1) is 32.0. The van der Waals surface area contributed by atoms with Crippen LogP contribution in [0.4, 0.5) is 0 Å². The molecule has 1 aromatic heterocycles. The van der Waals surface area contributed by atoms with Gasteiger partial charge in [-0.05, 0) is 56.0 Å². The maximum atomic E-state index is 12.8. The molecular weight excluding hydrogens is 556 g/mol. The monoisotopic (exact) mass is 600 g/mol. The average molecular weight is 602 g/mol. The van der Waals surface area contributed by atoms with Crippen LogP contribution < -0.4 is 21.5 Å². The van der Waals surface area contributed by atoms with E-state index < -0.39 is 13.7 Å². The summed E-state index contributed by atoms with van der Waals surface area (Å²) in [4.78, 5) is 12.8. The molecule has 0 aliphatic heterocycles. The highest BCUT2D eigenvalue weighted by Crippen LogP contribution is 2.26. The molecule has 0 saturated heterocycles. The van der Waals surface area contributed by atoms with E-state index in [0.717, 1.165) is 30.7 Å². The summed E-state index contributed by atoms with van der Waals surface area (Å²) in [6.45, 7) is 17.3. The Morgan fingerprint density at radius 1 is 1.03 bits per heavy atom. The van der Waals surface area contributed by atoms with Gasteiger partial charge in [0, 0.05) is 21.1 Å². The van der Waals surface area contributed by atoms with Crippen molar-refractivity contribution >= 4 is 14.0 Å². The van der Waals surface area contributed by atoms with Gasteiger partial charge < -0.3 is 26.5 Å². The smallest absolute Gasteiger partial charge is 0.339 e. The number of hydrogen-bond donors (Lipinski definition) is 0. The average Bonchev–Trinajstić information content (AvgIpc) is 3.20. The fourth-order valence-corrected chi connectivity index (χ4v) is 4.87. The summed E-state index contributed by atoms with van der Waals surface area (Å²) < 4.78 is 16.1. The Hall–Kier alpha value is -2.22. The van der Waals surface area contributed by atoms with Crippen molar-refractivity contribution in [2.24, 2.45) is 0 Å². The van der Waals surface area contributed by atoms with E-state index in [1.807, 2.05) is 45.0 Å². The van der Waals surface area contributed by atoms with Crippen molar-refractivity contribution < 1.29 is 35.8 Å². The molecule has 208 valence electrons. The molecule has 5 nitrogen and oxygen atoms in total. The number of aromatic nitrogens is 2. The van der Waals surface area contributed by atoms with Crippen LogP contribution in [0.15, 0.2) is 61.1 Å². The topological polar surface area (TPSA) is 44.3 Å². The second-order valence-corrected chi connectivity index (χ2v) is 17.7. The number of ether oxygens (including phenoxy) is 2. The number of unbranched alkanes of at least 4 members (excludes halogenated alkanes) is 1. The molecule has 38 heavy (non-hydrogen) atoms. The summed E-state index contributed by atoms with van der Waals surface area (Å²) in [6.07, 6.45) is 7.80. The molecule has 0 bridgehead atoms. The molecule has 0 atom stereocenters. The molecule has 2 aromatic carbocycles. The fourth-order valence-electron chi connectivity index (χ4n) is 4.11. The van der Waals surface area contributed by atoms with Gasteiger partial charge in [-0.25, -0.2) is 13.9 Å². The Labute approximate surface area is 241 Å². The molecule has 0 amide bonds. The lowest BCUT2D eigenvalue weighted by molar-refractivity contribution is -0.732. The molecule has 0 unspecified atom stereocenters. The predicted octanol–water partition coefficient (Wildman–Crippen LogP) is 4.11. The number of aryl methyl sites for hydroxylation is 1. The van der Waals surface area contributed by atoms with E-state index in [4.69, 9.17) is 9.47 Å². The van der Waals surface area contributed by atoms with Crippen LogP contribution in [0, 0.1) is 0 Å². The van der Waals surface area contributed by atoms with Crippen molar-refractivity contribution in [3.63, 3.8) is 0 Å². The van der Waals surface area contributed by atoms with Gasteiger partial charge in [-0.3, -0.25) is 0 Å². The van der Waals surface area contributed by atoms with Gasteiger partial charge in [0.2, 0.25) is 6.33 Å². The lowest BCUT2D eigenvalue weighted by atomic mass is 9.98. The van der Waals surface area contributed by atoms with Gasteiger partial charge in [0.1, 0.15) is 24.0 Å². The molecule has 0 fully saturated rings. The molecule has 0 N–H and O–H groups in total. The Bertz CT molecular complexity index is 1160. The maximum absolute atomic E-state index is 12.8. The van der Waals surface area contributed by atoms with Crippen LogP contribution in [0.25, 0.3) is 11.1 Å². The molecule has 0 spiro atoms. The Balaban J connectivity index is 0.00000507. The minimum atomic E-state index is -1.08. The summed E-state index contributed by atoms with van der Waals surface area (Å²) >= 11 is 0. The summed E-state index contributed by atoms with van der Waals surface area (Å²) in [7, 11) is -1.08. The van der Waals surface area contributed by atoms with Crippen LogP contribution in [0.5, 0.6) is 0 Å². The number of benzene rings is 2. The third-order valence-corrected chi connectivity index (χ3v) is 7.86. The molecule has 0 saturated carbocycles. The molecule has 0 aliphatic carbocycles. The first-order valence-corrected chi connectivity index (χ1v) is 17.2. The normalized spacial score (nSPS) is 11.8. The van der Waals surface area contributed by atoms with Gasteiger partial charge >= 0.3 is 5.97 Å². The minimum absolute atomic E-state index is 0. The van der Waals surface area contributed by atoms with Crippen LogP contribution in [-0.4, -0.2) is 30.8 Å². The summed E-state index contributed by atoms with van der Waals surface area (Å²) in [5.74, 6) is -0.295. The van der Waals surface area contributed by atoms with Crippen molar-refractivity contribution in [3.8, 4) is 11.1 Å². The van der Waals surface area contributed by atoms with E-state index in [1.165, 1.54) is 30.1 Å². The van der Waals surface area contributed by atoms with E-state index in [9.17, 15) is 4.79 Å². The highest BCUT2D eigenvalue weighted by Gasteiger charge is 2.21. The third-order valence-electron chi connectivity index (χ3n) is 6.16. The van der Waals surface area contributed by atoms with Crippen molar-refractivity contribution in [2.75, 3.05) is 6.61 Å². The van der Waals surface area contributed by atoms with Crippen molar-refractivity contribution in [1.82, 2.24) is 4.57 Å². The number of nitrogens with zero attached hydrogens (tertiary/aromatic N) is 2. The number of imidazole rings is 1. The second kappa shape index (κ2) is 14.2. The molecule has 3 rings (SSSR count). The Morgan fingerprint density at radius 2 is 1.71 bits per heavy atom. The number of carbonyl (C=O) groups is 1. The lowest BCUT2D eigenvalue weighted by Gasteiger charge is -2.20. The number of esters is 1. The highest BCUT2D eigenvalue weighted by atomic mass is 79.9. The van der Waals surface area contributed by atoms with Crippen LogP contribution in [0.3, 0.4) is 0 Å². The van der Waals surface area contributed by atoms with Gasteiger partial charge in [0.25, 0.3) is 0 Å². The van der Waals surface area contributed by atoms with Crippen molar-refractivity contribution in [3.05, 3.63) is 77.9 Å². The molecule has 0 aliphatic rings. The summed E-state index contributed by atoms with van der Waals surface area (Å²) in [5, 5.41) is 0. The van der Waals surface area contributed by atoms with Gasteiger partial charge in [0.05, 0.1) is 5.56 Å². The molecule has 7 heteroatoms. The summed E-state index contributed by atoms with van der Waals surface area (Å²) in [5.41, 5.74) is 4.51. The molecular formula is C31H45BrN2O3Si. The van der Waals surface area contributed by atoms with Crippen LogP contribution in [0.2, 0.25) is 25.7 Å². The van der Waals surface area contributed by atoms with Crippen LogP contribution in [-0.2, 0) is 29.2 Å². The Morgan fingerprint density at radius 3 is 2.34 bits per heavy atom. The van der Waals surface area contributed by atoms with Gasteiger partial charge in [0.15, 0.2) is 6.73 Å². The predicted molar refractivity (Wildman–Crippen MR) is 153 cm³/mol. The first-order chi connectivity index (χ1) is 17.4. The third kappa shape index (κ3) is 10.2. The van der Waals surface area contributed by atoms with Gasteiger partial charge in [-0.15, -0.1) is 0 Å². The van der Waals surface area contributed by atoms with Crippen molar-refractivity contribution in [1.29, 1.82) is 0 Å². The largest absolute Gasteiger partial charge is 1.00 e. The Kier molecular flexibility index (Phi) is 12.0. The maximum Gasteiger partial charge on any atom is 0.339 e. The van der Waals surface area contributed by atoms with E-state index >= 15 is 0 Å². The number of carbonyl (C=O) groups excluding carboxylic acids is 1. The second-order valence-electron chi connectivity index (χ2n) is 12.1. The molecule has 0 radical (unpaired) electrons. The van der Waals surface area contributed by atoms with Crippen LogP contribution >= 0.6 is 0 Å². The lowest BCUT2D eigenvalue weighted by Crippen LogP contribution is -3.00. The van der Waals surface area contributed by atoms with Crippen molar-refractivity contribution in [2.45, 2.75) is 91.5 Å². The zero-order chi connectivity index (χ0) is 27.1. The van der Waals surface area contributed by atoms with E-state index in [-0.39, 0.29) is 23.0 Å². The summed E-state index contributed by atoms with van der Waals surface area (Å²) in [6, 6.07) is 17.3. The quantitative estimate of drug-likeness (QED) is 0.136. The molecule has 3 aromatic rings. The van der Waals surface area contributed by atoms with E-state index in [1.54, 1.807) is 0 Å². The SMILES string of the molecule is CCCCc1c[n+](COCC[Si](C)(C)C)cn1Cc1ccc(-c2ccccc2C(=O)OC(C)(C)C)cc1.[Br-]. The number of rotatable bonds is 12. The van der Waals surface area contributed by atoms with E-state index in [0.29, 0.717) is 12.3 Å². The zero-order valence-corrected chi connectivity index (χ0v) is 26.8. The van der Waals surface area contributed by atoms with Gasteiger partial charge in [-0.2, -0.15) is 0 Å². The standard InChI is InChI=1S/C31H45N2O3Si.BrH/c1-8-9-12-27-22-32(24-35-19-20-37(5,6)7)23-33(27)21-25-15-17-26(18-16-25)28-13-10-11-14-29(28)30(34)36-31(2,3)4;/h10-11,13-18,22-23H,8-9,12,19-21,24H2,1-7H3;1H/q+1;/p-1. The number of hydrogen-bond acceptors (Lipinski definition) is 3. The van der Waals surface area contributed by atoms with Gasteiger partial charge in [-0.1, -0.05) is 75.5 Å².